The fraction of sp³-hybridized carbons (Fsp3) is 0.842. The largest absolute Gasteiger partial charge is 0.353 e. The lowest BCUT2D eigenvalue weighted by Gasteiger charge is -2.20. The Balaban J connectivity index is 3.91. The monoisotopic (exact) mass is 372 g/mol. The number of nitrogens with zero attached hydrogens (tertiary/aromatic N) is 1. The molecule has 0 radical (unpaired) electrons. The number of unbranched alkanes of at least 4 members (excludes halogenated alkanes) is 2. The molecule has 0 aliphatic rings. The lowest BCUT2D eigenvalue weighted by atomic mass is 10.1. The smallest absolute Gasteiger partial charge is 0.223 e. The fourth-order valence-corrected chi connectivity index (χ4v) is 3.24. The molecule has 0 heterocycles. The van der Waals surface area contributed by atoms with Crippen molar-refractivity contribution in [2.45, 2.75) is 83.3 Å². The number of amides is 2. The number of aldehydes is 1. The van der Waals surface area contributed by atoms with Crippen molar-refractivity contribution >= 4 is 29.9 Å². The average Bonchev–Trinajstić information content (AvgIpc) is 2.52. The Morgan fingerprint density at radius 2 is 1.72 bits per heavy atom. The zero-order valence-electron chi connectivity index (χ0n) is 16.7. The summed E-state index contributed by atoms with van der Waals surface area (Å²) in [6, 6.07) is 0.200. The third kappa shape index (κ3) is 12.0. The number of hydrogen-bond acceptors (Lipinski definition) is 4. The van der Waals surface area contributed by atoms with Crippen molar-refractivity contribution in [3.8, 4) is 0 Å². The van der Waals surface area contributed by atoms with Crippen LogP contribution in [0.25, 0.3) is 0 Å². The van der Waals surface area contributed by atoms with Crippen LogP contribution in [-0.2, 0) is 14.4 Å². The summed E-state index contributed by atoms with van der Waals surface area (Å²) in [6.07, 6.45) is 4.29. The standard InChI is InChI=1S/C19H36N2O3S/c1-14(2)16(5)20-18(23)10-8-7-9-11-21(6)19(24)12-17(13-22)25-15(3)4/h13-17H,7-12H2,1-6H3,(H,20,23). The molecule has 0 spiro atoms. The maximum atomic E-state index is 12.1. The summed E-state index contributed by atoms with van der Waals surface area (Å²) < 4.78 is 0. The minimum atomic E-state index is -0.262. The highest BCUT2D eigenvalue weighted by molar-refractivity contribution is 8.01. The normalized spacial score (nSPS) is 13.6. The minimum absolute atomic E-state index is 0.00810. The molecule has 0 saturated heterocycles. The molecule has 0 fully saturated rings. The van der Waals surface area contributed by atoms with Crippen molar-refractivity contribution in [1.29, 1.82) is 0 Å². The molecular formula is C19H36N2O3S. The van der Waals surface area contributed by atoms with Crippen molar-refractivity contribution in [2.24, 2.45) is 5.92 Å². The van der Waals surface area contributed by atoms with Gasteiger partial charge in [0.05, 0.1) is 5.25 Å². The van der Waals surface area contributed by atoms with Gasteiger partial charge in [-0.3, -0.25) is 9.59 Å². The van der Waals surface area contributed by atoms with Crippen LogP contribution in [0.15, 0.2) is 0 Å². The summed E-state index contributed by atoms with van der Waals surface area (Å²) in [5, 5.41) is 3.07. The first-order valence-electron chi connectivity index (χ1n) is 9.31. The molecule has 0 saturated carbocycles. The highest BCUT2D eigenvalue weighted by Crippen LogP contribution is 2.19. The Morgan fingerprint density at radius 3 is 2.24 bits per heavy atom. The Labute approximate surface area is 157 Å². The molecular weight excluding hydrogens is 336 g/mol. The lowest BCUT2D eigenvalue weighted by molar-refractivity contribution is -0.130. The molecule has 146 valence electrons. The average molecular weight is 373 g/mol. The molecule has 0 bridgehead atoms. The molecule has 0 aromatic rings. The van der Waals surface area contributed by atoms with Crippen LogP contribution in [-0.4, -0.2) is 53.1 Å². The maximum Gasteiger partial charge on any atom is 0.223 e. The summed E-state index contributed by atoms with van der Waals surface area (Å²) in [5.41, 5.74) is 0. The second kappa shape index (κ2) is 13.2. The van der Waals surface area contributed by atoms with Gasteiger partial charge in [0.2, 0.25) is 11.8 Å². The lowest BCUT2D eigenvalue weighted by Crippen LogP contribution is -2.35. The SMILES string of the molecule is CC(C)SC(C=O)CC(=O)N(C)CCCCCC(=O)NC(C)C(C)C. The second-order valence-electron chi connectivity index (χ2n) is 7.29. The third-order valence-corrected chi connectivity index (χ3v) is 5.36. The molecule has 5 nitrogen and oxygen atoms in total. The molecule has 0 aliphatic heterocycles. The maximum absolute atomic E-state index is 12.1. The van der Waals surface area contributed by atoms with Crippen LogP contribution in [0.1, 0.15) is 66.7 Å². The van der Waals surface area contributed by atoms with Gasteiger partial charge in [-0.05, 0) is 30.9 Å². The summed E-state index contributed by atoms with van der Waals surface area (Å²) in [5.74, 6) is 0.548. The van der Waals surface area contributed by atoms with E-state index in [2.05, 4.69) is 19.2 Å². The Kier molecular flexibility index (Phi) is 12.7. The summed E-state index contributed by atoms with van der Waals surface area (Å²) >= 11 is 1.53. The highest BCUT2D eigenvalue weighted by atomic mass is 32.2. The van der Waals surface area contributed by atoms with E-state index < -0.39 is 0 Å². The summed E-state index contributed by atoms with van der Waals surface area (Å²) in [4.78, 5) is 36.7. The molecule has 2 atom stereocenters. The fourth-order valence-electron chi connectivity index (χ4n) is 2.23. The van der Waals surface area contributed by atoms with E-state index in [1.807, 2.05) is 20.8 Å². The van der Waals surface area contributed by atoms with Gasteiger partial charge in [-0.25, -0.2) is 0 Å². The van der Waals surface area contributed by atoms with Gasteiger partial charge < -0.3 is 15.0 Å². The Bertz CT molecular complexity index is 413. The summed E-state index contributed by atoms with van der Waals surface area (Å²) in [7, 11) is 1.78. The van der Waals surface area contributed by atoms with Crippen LogP contribution in [0.2, 0.25) is 0 Å². The van der Waals surface area contributed by atoms with E-state index in [0.29, 0.717) is 24.1 Å². The quantitative estimate of drug-likeness (QED) is 0.398. The van der Waals surface area contributed by atoms with Crippen molar-refractivity contribution in [2.75, 3.05) is 13.6 Å². The van der Waals surface area contributed by atoms with Crippen molar-refractivity contribution < 1.29 is 14.4 Å². The van der Waals surface area contributed by atoms with Gasteiger partial charge in [0.1, 0.15) is 6.29 Å². The molecule has 0 aromatic carbocycles. The molecule has 0 rings (SSSR count). The molecule has 2 amide bonds. The minimum Gasteiger partial charge on any atom is -0.353 e. The van der Waals surface area contributed by atoms with Crippen LogP contribution >= 0.6 is 11.8 Å². The number of nitrogens with one attached hydrogen (secondary N) is 1. The third-order valence-electron chi connectivity index (χ3n) is 4.19. The molecule has 25 heavy (non-hydrogen) atoms. The van der Waals surface area contributed by atoms with Gasteiger partial charge in [0.15, 0.2) is 0 Å². The van der Waals surface area contributed by atoms with Crippen LogP contribution in [0, 0.1) is 5.92 Å². The number of thioether (sulfide) groups is 1. The summed E-state index contributed by atoms with van der Waals surface area (Å²) in [6.45, 7) is 10.9. The van der Waals surface area contributed by atoms with Gasteiger partial charge in [-0.15, -0.1) is 11.8 Å². The molecule has 0 aromatic heterocycles. The van der Waals surface area contributed by atoms with E-state index in [4.69, 9.17) is 0 Å². The van der Waals surface area contributed by atoms with E-state index in [-0.39, 0.29) is 29.5 Å². The van der Waals surface area contributed by atoms with Crippen LogP contribution in [0.4, 0.5) is 0 Å². The van der Waals surface area contributed by atoms with Gasteiger partial charge in [-0.1, -0.05) is 34.1 Å². The molecule has 6 heteroatoms. The van der Waals surface area contributed by atoms with Gasteiger partial charge >= 0.3 is 0 Å². The highest BCUT2D eigenvalue weighted by Gasteiger charge is 2.18. The van der Waals surface area contributed by atoms with E-state index in [0.717, 1.165) is 25.5 Å². The van der Waals surface area contributed by atoms with E-state index in [1.54, 1.807) is 11.9 Å². The van der Waals surface area contributed by atoms with Crippen LogP contribution in [0.3, 0.4) is 0 Å². The number of rotatable bonds is 13. The van der Waals surface area contributed by atoms with Gasteiger partial charge in [-0.2, -0.15) is 0 Å². The van der Waals surface area contributed by atoms with Crippen molar-refractivity contribution in [1.82, 2.24) is 10.2 Å². The van der Waals surface area contributed by atoms with Crippen LogP contribution < -0.4 is 5.32 Å². The van der Waals surface area contributed by atoms with E-state index in [9.17, 15) is 14.4 Å². The zero-order valence-corrected chi connectivity index (χ0v) is 17.5. The first-order chi connectivity index (χ1) is 11.7. The first kappa shape index (κ1) is 24.0. The predicted octanol–water partition coefficient (Wildman–Crippen LogP) is 3.27. The predicted molar refractivity (Wildman–Crippen MR) is 106 cm³/mol. The van der Waals surface area contributed by atoms with Gasteiger partial charge in [0.25, 0.3) is 0 Å². The topological polar surface area (TPSA) is 66.5 Å². The zero-order chi connectivity index (χ0) is 19.4. The second-order valence-corrected chi connectivity index (χ2v) is 9.11. The number of carbonyl (C=O) groups excluding carboxylic acids is 3. The van der Waals surface area contributed by atoms with Gasteiger partial charge in [0, 0.05) is 32.5 Å². The van der Waals surface area contributed by atoms with E-state index in [1.165, 1.54) is 11.8 Å². The van der Waals surface area contributed by atoms with Crippen molar-refractivity contribution in [3.05, 3.63) is 0 Å². The van der Waals surface area contributed by atoms with E-state index >= 15 is 0 Å². The number of hydrogen-bond donors (Lipinski definition) is 1. The van der Waals surface area contributed by atoms with Crippen molar-refractivity contribution in [3.63, 3.8) is 0 Å². The first-order valence-corrected chi connectivity index (χ1v) is 10.3. The Morgan fingerprint density at radius 1 is 1.08 bits per heavy atom. The molecule has 0 aliphatic carbocycles. The molecule has 2 unspecified atom stereocenters. The molecule has 1 N–H and O–H groups in total. The number of carbonyl (C=O) groups is 3. The Hall–Kier alpha value is -1.04. The van der Waals surface area contributed by atoms with Crippen LogP contribution in [0.5, 0.6) is 0 Å².